The highest BCUT2D eigenvalue weighted by Gasteiger charge is 2.17. The van der Waals surface area contributed by atoms with Crippen molar-refractivity contribution in [2.45, 2.75) is 13.8 Å². The van der Waals surface area contributed by atoms with Crippen molar-refractivity contribution in [1.29, 1.82) is 0 Å². The summed E-state index contributed by atoms with van der Waals surface area (Å²) in [7, 11) is 0. The molecule has 0 aliphatic heterocycles. The van der Waals surface area contributed by atoms with Crippen LogP contribution in [-0.2, 0) is 0 Å². The van der Waals surface area contributed by atoms with E-state index < -0.39 is 0 Å². The van der Waals surface area contributed by atoms with E-state index in [1.54, 1.807) is 0 Å². The smallest absolute Gasteiger partial charge is 0.134 e. The lowest BCUT2D eigenvalue weighted by Crippen LogP contribution is -1.77. The molecule has 0 N–H and O–H groups in total. The molecule has 2 aromatic heterocycles. The number of benzene rings is 2. The molecule has 0 atom stereocenters. The summed E-state index contributed by atoms with van der Waals surface area (Å²) in [4.78, 5) is 1.33. The van der Waals surface area contributed by atoms with Crippen LogP contribution in [0.3, 0.4) is 0 Å². The monoisotopic (exact) mass is 278 g/mol. The van der Waals surface area contributed by atoms with Crippen LogP contribution in [0.15, 0.2) is 52.9 Å². The second kappa shape index (κ2) is 4.22. The second-order valence-electron chi connectivity index (χ2n) is 5.08. The van der Waals surface area contributed by atoms with Crippen LogP contribution < -0.4 is 0 Å². The number of para-hydroxylation sites is 1. The van der Waals surface area contributed by atoms with Gasteiger partial charge in [-0.1, -0.05) is 36.4 Å². The number of hydrogen-bond acceptors (Lipinski definition) is 2. The first kappa shape index (κ1) is 11.7. The predicted octanol–water partition coefficient (Wildman–Crippen LogP) is 5.93. The highest BCUT2D eigenvalue weighted by molar-refractivity contribution is 7.22. The molecule has 1 nitrogen and oxygen atoms in total. The maximum atomic E-state index is 5.91. The predicted molar refractivity (Wildman–Crippen MR) is 86.5 cm³/mol. The molecule has 4 aromatic rings. The van der Waals surface area contributed by atoms with E-state index in [0.29, 0.717) is 0 Å². The van der Waals surface area contributed by atoms with Gasteiger partial charge in [0.1, 0.15) is 11.3 Å². The summed E-state index contributed by atoms with van der Waals surface area (Å²) in [5.74, 6) is 1.00. The van der Waals surface area contributed by atoms with Gasteiger partial charge in [-0.2, -0.15) is 0 Å². The van der Waals surface area contributed by atoms with Gasteiger partial charge < -0.3 is 4.42 Å². The Hall–Kier alpha value is -2.06. The van der Waals surface area contributed by atoms with Crippen molar-refractivity contribution in [1.82, 2.24) is 0 Å². The van der Waals surface area contributed by atoms with E-state index >= 15 is 0 Å². The van der Waals surface area contributed by atoms with Gasteiger partial charge in [-0.05, 0) is 36.9 Å². The van der Waals surface area contributed by atoms with Crippen molar-refractivity contribution in [2.75, 3.05) is 0 Å². The molecular weight excluding hydrogens is 264 g/mol. The number of furan rings is 1. The zero-order valence-corrected chi connectivity index (χ0v) is 12.3. The minimum Gasteiger partial charge on any atom is -0.461 e. The molecule has 2 aromatic carbocycles. The highest BCUT2D eigenvalue weighted by atomic mass is 32.1. The Kier molecular flexibility index (Phi) is 2.48. The topological polar surface area (TPSA) is 13.1 Å². The largest absolute Gasteiger partial charge is 0.461 e. The van der Waals surface area contributed by atoms with E-state index in [4.69, 9.17) is 4.42 Å². The van der Waals surface area contributed by atoms with Crippen molar-refractivity contribution in [2.24, 2.45) is 0 Å². The fraction of sp³-hybridized carbons (Fsp3) is 0.111. The summed E-state index contributed by atoms with van der Waals surface area (Å²) in [6.07, 6.45) is 0. The fourth-order valence-electron chi connectivity index (χ4n) is 2.86. The number of thiophene rings is 1. The van der Waals surface area contributed by atoms with E-state index in [1.807, 2.05) is 23.5 Å². The Morgan fingerprint density at radius 2 is 1.55 bits per heavy atom. The standard InChI is InChI=1S/C18H14OS/c1-11-13-7-4-6-10-16(13)20-18(11)17-12(2)19-15-9-5-3-8-14(15)17/h3-10H,1-2H3. The van der Waals surface area contributed by atoms with Crippen LogP contribution in [0.4, 0.5) is 0 Å². The molecule has 0 aliphatic carbocycles. The van der Waals surface area contributed by atoms with E-state index in [2.05, 4.69) is 50.2 Å². The lowest BCUT2D eigenvalue weighted by atomic mass is 10.0. The van der Waals surface area contributed by atoms with Gasteiger partial charge in [0.2, 0.25) is 0 Å². The summed E-state index contributed by atoms with van der Waals surface area (Å²) in [5, 5.41) is 2.55. The Labute approximate surface area is 121 Å². The number of fused-ring (bicyclic) bond motifs is 2. The van der Waals surface area contributed by atoms with Crippen molar-refractivity contribution >= 4 is 32.4 Å². The van der Waals surface area contributed by atoms with Crippen molar-refractivity contribution in [3.63, 3.8) is 0 Å². The molecule has 0 saturated carbocycles. The zero-order chi connectivity index (χ0) is 13.7. The summed E-state index contributed by atoms with van der Waals surface area (Å²) >= 11 is 1.85. The normalized spacial score (nSPS) is 11.5. The summed E-state index contributed by atoms with van der Waals surface area (Å²) in [6, 6.07) is 16.9. The van der Waals surface area contributed by atoms with Crippen LogP contribution in [0.2, 0.25) is 0 Å². The Balaban J connectivity index is 2.11. The molecule has 4 rings (SSSR count). The average Bonchev–Trinajstić information content (AvgIpc) is 2.96. The molecule has 0 fully saturated rings. The van der Waals surface area contributed by atoms with Gasteiger partial charge in [-0.15, -0.1) is 11.3 Å². The van der Waals surface area contributed by atoms with Crippen molar-refractivity contribution < 1.29 is 4.42 Å². The van der Waals surface area contributed by atoms with Gasteiger partial charge in [0.25, 0.3) is 0 Å². The third-order valence-electron chi connectivity index (χ3n) is 3.84. The molecule has 2 heteroatoms. The highest BCUT2D eigenvalue weighted by Crippen LogP contribution is 2.43. The first-order valence-corrected chi connectivity index (χ1v) is 7.54. The number of aryl methyl sites for hydroxylation is 2. The lowest BCUT2D eigenvalue weighted by molar-refractivity contribution is 0.580. The first-order valence-electron chi connectivity index (χ1n) is 6.72. The average molecular weight is 278 g/mol. The van der Waals surface area contributed by atoms with E-state index in [9.17, 15) is 0 Å². The summed E-state index contributed by atoms with van der Waals surface area (Å²) in [5.41, 5.74) is 3.57. The Morgan fingerprint density at radius 3 is 2.35 bits per heavy atom. The second-order valence-corrected chi connectivity index (χ2v) is 6.13. The maximum absolute atomic E-state index is 5.91. The van der Waals surface area contributed by atoms with Gasteiger partial charge in [-0.25, -0.2) is 0 Å². The molecule has 0 bridgehead atoms. The first-order chi connectivity index (χ1) is 9.75. The van der Waals surface area contributed by atoms with Gasteiger partial charge in [0.05, 0.1) is 0 Å². The fourth-order valence-corrected chi connectivity index (χ4v) is 4.18. The molecule has 0 unspecified atom stereocenters. The molecule has 0 amide bonds. The molecule has 98 valence electrons. The summed E-state index contributed by atoms with van der Waals surface area (Å²) in [6.45, 7) is 4.26. The number of hydrogen-bond donors (Lipinski definition) is 0. The van der Waals surface area contributed by atoms with E-state index in [1.165, 1.54) is 31.5 Å². The lowest BCUT2D eigenvalue weighted by Gasteiger charge is -1.98. The van der Waals surface area contributed by atoms with Gasteiger partial charge in [-0.3, -0.25) is 0 Å². The van der Waals surface area contributed by atoms with Crippen LogP contribution in [0.25, 0.3) is 31.5 Å². The third-order valence-corrected chi connectivity index (χ3v) is 5.13. The SMILES string of the molecule is Cc1oc2ccccc2c1-c1sc2ccccc2c1C. The van der Waals surface area contributed by atoms with Gasteiger partial charge in [0, 0.05) is 20.5 Å². The maximum Gasteiger partial charge on any atom is 0.134 e. The van der Waals surface area contributed by atoms with Crippen LogP contribution in [-0.4, -0.2) is 0 Å². The van der Waals surface area contributed by atoms with Gasteiger partial charge >= 0.3 is 0 Å². The van der Waals surface area contributed by atoms with E-state index in [0.717, 1.165) is 11.3 Å². The zero-order valence-electron chi connectivity index (χ0n) is 11.4. The third kappa shape index (κ3) is 1.55. The number of rotatable bonds is 1. The Bertz CT molecular complexity index is 927. The van der Waals surface area contributed by atoms with Crippen LogP contribution in [0.1, 0.15) is 11.3 Å². The molecule has 0 spiro atoms. The quantitative estimate of drug-likeness (QED) is 0.420. The van der Waals surface area contributed by atoms with Gasteiger partial charge in [0.15, 0.2) is 0 Å². The molecule has 0 radical (unpaired) electrons. The van der Waals surface area contributed by atoms with Crippen molar-refractivity contribution in [3.8, 4) is 10.4 Å². The van der Waals surface area contributed by atoms with Crippen LogP contribution >= 0.6 is 11.3 Å². The summed E-state index contributed by atoms with van der Waals surface area (Å²) < 4.78 is 7.25. The van der Waals surface area contributed by atoms with E-state index in [-0.39, 0.29) is 0 Å². The molecule has 20 heavy (non-hydrogen) atoms. The van der Waals surface area contributed by atoms with Crippen molar-refractivity contribution in [3.05, 3.63) is 59.9 Å². The molecule has 2 heterocycles. The molecule has 0 saturated heterocycles. The van der Waals surface area contributed by atoms with Crippen LogP contribution in [0.5, 0.6) is 0 Å². The molecular formula is C18H14OS. The van der Waals surface area contributed by atoms with Crippen LogP contribution in [0, 0.1) is 13.8 Å². The molecule has 0 aliphatic rings. The minimum atomic E-state index is 0.969. The minimum absolute atomic E-state index is 0.969. The Morgan fingerprint density at radius 1 is 0.850 bits per heavy atom.